The second kappa shape index (κ2) is 6.76. The number of rotatable bonds is 6. The Labute approximate surface area is 122 Å². The molecule has 1 aromatic carbocycles. The number of hydrogen-bond acceptors (Lipinski definition) is 4. The Bertz CT molecular complexity index is 597. The summed E-state index contributed by atoms with van der Waals surface area (Å²) in [5.41, 5.74) is 1.93. The topological polar surface area (TPSA) is 67.2 Å². The number of aliphatic hydroxyl groups excluding tert-OH is 1. The summed E-state index contributed by atoms with van der Waals surface area (Å²) in [7, 11) is 1.92. The molecule has 1 aromatic heterocycles. The summed E-state index contributed by atoms with van der Waals surface area (Å²) < 4.78 is 1.95. The van der Waals surface area contributed by atoms with Crippen LogP contribution in [-0.4, -0.2) is 38.7 Å². The van der Waals surface area contributed by atoms with Crippen LogP contribution in [0, 0.1) is 0 Å². The van der Waals surface area contributed by atoms with Crippen LogP contribution in [-0.2, 0) is 18.4 Å². The third-order valence-electron chi connectivity index (χ3n) is 3.20. The molecule has 0 saturated carbocycles. The number of imidazole rings is 1. The fraction of sp³-hybridized carbons (Fsp3) is 0.429. The number of hydrogen-bond donors (Lipinski definition) is 2. The predicted octanol–water partition coefficient (Wildman–Crippen LogP) is 1.30. The lowest BCUT2D eigenvalue weighted by molar-refractivity contribution is -0.129. The zero-order valence-electron chi connectivity index (χ0n) is 11.7. The van der Waals surface area contributed by atoms with E-state index >= 15 is 0 Å². The van der Waals surface area contributed by atoms with Gasteiger partial charge in [0.05, 0.1) is 17.6 Å². The zero-order valence-corrected chi connectivity index (χ0v) is 12.5. The molecule has 1 atom stereocenters. The summed E-state index contributed by atoms with van der Waals surface area (Å²) in [6.07, 6.45) is 1.47. The van der Waals surface area contributed by atoms with Crippen LogP contribution in [0.1, 0.15) is 12.2 Å². The summed E-state index contributed by atoms with van der Waals surface area (Å²) in [6, 6.07) is 7.82. The smallest absolute Gasteiger partial charge is 0.249 e. The predicted molar refractivity (Wildman–Crippen MR) is 81.6 cm³/mol. The number of nitrogens with zero attached hydrogens (tertiary/aromatic N) is 2. The third kappa shape index (κ3) is 3.32. The lowest BCUT2D eigenvalue weighted by atomic mass is 10.2. The molecule has 0 fully saturated rings. The number of aliphatic hydroxyl groups is 1. The lowest BCUT2D eigenvalue weighted by Gasteiger charge is -2.10. The van der Waals surface area contributed by atoms with Gasteiger partial charge in [0.2, 0.25) is 5.91 Å². The molecule has 2 rings (SSSR count). The Morgan fingerprint density at radius 1 is 1.50 bits per heavy atom. The molecule has 108 valence electrons. The van der Waals surface area contributed by atoms with Gasteiger partial charge in [0.25, 0.3) is 0 Å². The SMILES string of the molecule is CSCC[C@H](O)C(=O)NCc1nc2ccccc2n1C. The third-order valence-corrected chi connectivity index (χ3v) is 3.84. The quantitative estimate of drug-likeness (QED) is 0.842. The van der Waals surface area contributed by atoms with Crippen LogP contribution < -0.4 is 5.32 Å². The second-order valence-electron chi connectivity index (χ2n) is 4.59. The van der Waals surface area contributed by atoms with Crippen molar-refractivity contribution in [3.8, 4) is 0 Å². The van der Waals surface area contributed by atoms with Crippen molar-refractivity contribution in [2.24, 2.45) is 7.05 Å². The van der Waals surface area contributed by atoms with Crippen molar-refractivity contribution in [2.75, 3.05) is 12.0 Å². The van der Waals surface area contributed by atoms with Crippen molar-refractivity contribution in [3.63, 3.8) is 0 Å². The van der Waals surface area contributed by atoms with Crippen molar-refractivity contribution in [3.05, 3.63) is 30.1 Å². The molecule has 0 saturated heterocycles. The maximum absolute atomic E-state index is 11.7. The minimum Gasteiger partial charge on any atom is -0.383 e. The van der Waals surface area contributed by atoms with E-state index in [-0.39, 0.29) is 5.91 Å². The molecule has 6 heteroatoms. The van der Waals surface area contributed by atoms with E-state index in [1.165, 1.54) is 0 Å². The van der Waals surface area contributed by atoms with Crippen LogP contribution in [0.2, 0.25) is 0 Å². The second-order valence-corrected chi connectivity index (χ2v) is 5.58. The Balaban J connectivity index is 1.99. The number of aromatic nitrogens is 2. The molecule has 1 amide bonds. The van der Waals surface area contributed by atoms with Gasteiger partial charge in [-0.25, -0.2) is 4.98 Å². The Morgan fingerprint density at radius 2 is 2.25 bits per heavy atom. The largest absolute Gasteiger partial charge is 0.383 e. The van der Waals surface area contributed by atoms with Gasteiger partial charge in [-0.3, -0.25) is 4.79 Å². The van der Waals surface area contributed by atoms with E-state index in [0.29, 0.717) is 13.0 Å². The molecule has 0 radical (unpaired) electrons. The van der Waals surface area contributed by atoms with E-state index < -0.39 is 6.10 Å². The van der Waals surface area contributed by atoms with Gasteiger partial charge in [0, 0.05) is 7.05 Å². The maximum atomic E-state index is 11.7. The molecule has 0 aliphatic heterocycles. The fourth-order valence-electron chi connectivity index (χ4n) is 2.00. The molecule has 5 nitrogen and oxygen atoms in total. The number of nitrogens with one attached hydrogen (secondary N) is 1. The number of amides is 1. The number of carbonyl (C=O) groups is 1. The highest BCUT2D eigenvalue weighted by atomic mass is 32.2. The molecule has 0 bridgehead atoms. The molecule has 1 heterocycles. The van der Waals surface area contributed by atoms with E-state index in [1.807, 2.05) is 42.1 Å². The standard InChI is InChI=1S/C14H19N3O2S/c1-17-11-6-4-3-5-10(11)16-13(17)9-15-14(19)12(18)7-8-20-2/h3-6,12,18H,7-9H2,1-2H3,(H,15,19)/t12-/m0/s1. The molecule has 0 aliphatic carbocycles. The van der Waals surface area contributed by atoms with Crippen LogP contribution >= 0.6 is 11.8 Å². The Hall–Kier alpha value is -1.53. The number of benzene rings is 1. The van der Waals surface area contributed by atoms with Gasteiger partial charge in [-0.05, 0) is 30.6 Å². The van der Waals surface area contributed by atoms with E-state index in [1.54, 1.807) is 11.8 Å². The van der Waals surface area contributed by atoms with Crippen LogP contribution in [0.5, 0.6) is 0 Å². The van der Waals surface area contributed by atoms with Gasteiger partial charge in [-0.2, -0.15) is 11.8 Å². The molecule has 2 aromatic rings. The van der Waals surface area contributed by atoms with Gasteiger partial charge in [0.15, 0.2) is 0 Å². The van der Waals surface area contributed by atoms with Gasteiger partial charge >= 0.3 is 0 Å². The first kappa shape index (κ1) is 14.9. The van der Waals surface area contributed by atoms with Crippen molar-refractivity contribution >= 4 is 28.7 Å². The first-order valence-corrected chi connectivity index (χ1v) is 7.88. The van der Waals surface area contributed by atoms with E-state index in [0.717, 1.165) is 22.6 Å². The highest BCUT2D eigenvalue weighted by Crippen LogP contribution is 2.13. The summed E-state index contributed by atoms with van der Waals surface area (Å²) in [5.74, 6) is 1.20. The van der Waals surface area contributed by atoms with Crippen LogP contribution in [0.15, 0.2) is 24.3 Å². The molecule has 20 heavy (non-hydrogen) atoms. The molecule has 2 N–H and O–H groups in total. The number of fused-ring (bicyclic) bond motifs is 1. The van der Waals surface area contributed by atoms with E-state index in [9.17, 15) is 9.90 Å². The zero-order chi connectivity index (χ0) is 14.5. The average molecular weight is 293 g/mol. The fourth-order valence-corrected chi connectivity index (χ4v) is 2.46. The summed E-state index contributed by atoms with van der Waals surface area (Å²) in [4.78, 5) is 16.2. The number of para-hydroxylation sites is 2. The average Bonchev–Trinajstić information content (AvgIpc) is 2.79. The normalized spacial score (nSPS) is 12.6. The van der Waals surface area contributed by atoms with Crippen molar-refractivity contribution < 1.29 is 9.90 Å². The van der Waals surface area contributed by atoms with Gasteiger partial charge in [-0.15, -0.1) is 0 Å². The minimum absolute atomic E-state index is 0.320. The van der Waals surface area contributed by atoms with E-state index in [2.05, 4.69) is 10.3 Å². The maximum Gasteiger partial charge on any atom is 0.249 e. The van der Waals surface area contributed by atoms with Crippen molar-refractivity contribution in [1.29, 1.82) is 0 Å². The first-order valence-electron chi connectivity index (χ1n) is 6.48. The van der Waals surface area contributed by atoms with E-state index in [4.69, 9.17) is 0 Å². The van der Waals surface area contributed by atoms with Gasteiger partial charge < -0.3 is 15.0 Å². The Kier molecular flexibility index (Phi) is 5.03. The van der Waals surface area contributed by atoms with Crippen LogP contribution in [0.4, 0.5) is 0 Å². The Morgan fingerprint density at radius 3 is 2.95 bits per heavy atom. The van der Waals surface area contributed by atoms with Crippen molar-refractivity contribution in [1.82, 2.24) is 14.9 Å². The highest BCUT2D eigenvalue weighted by molar-refractivity contribution is 7.98. The number of thioether (sulfide) groups is 1. The summed E-state index contributed by atoms with van der Waals surface area (Å²) >= 11 is 1.61. The summed E-state index contributed by atoms with van der Waals surface area (Å²) in [6.45, 7) is 0.320. The van der Waals surface area contributed by atoms with Gasteiger partial charge in [-0.1, -0.05) is 12.1 Å². The minimum atomic E-state index is -0.947. The summed E-state index contributed by atoms with van der Waals surface area (Å²) in [5, 5.41) is 12.4. The van der Waals surface area contributed by atoms with Crippen LogP contribution in [0.3, 0.4) is 0 Å². The van der Waals surface area contributed by atoms with Crippen LogP contribution in [0.25, 0.3) is 11.0 Å². The monoisotopic (exact) mass is 293 g/mol. The molecular formula is C14H19N3O2S. The molecule has 0 unspecified atom stereocenters. The highest BCUT2D eigenvalue weighted by Gasteiger charge is 2.15. The van der Waals surface area contributed by atoms with Crippen molar-refractivity contribution in [2.45, 2.75) is 19.1 Å². The first-order chi connectivity index (χ1) is 9.63. The number of aryl methyl sites for hydroxylation is 1. The molecule has 0 spiro atoms. The van der Waals surface area contributed by atoms with Gasteiger partial charge in [0.1, 0.15) is 11.9 Å². The number of carbonyl (C=O) groups excluding carboxylic acids is 1. The molecule has 0 aliphatic rings. The lowest BCUT2D eigenvalue weighted by Crippen LogP contribution is -2.35. The molecular weight excluding hydrogens is 274 g/mol.